The molecular weight excluding hydrogens is 1200 g/mol. The highest BCUT2D eigenvalue weighted by Crippen LogP contribution is 2.45. The summed E-state index contributed by atoms with van der Waals surface area (Å²) in [5.74, 6) is -0.479. The SMILES string of the molecule is CCCCCCCCCC(=O)OC[C@H](COP(=O)(O)OC[C@H](O)COP(=O)(O)OC[C@@H](COC(=O)CCCCCCCCCCCCCCC(C)C)OC(=O)CCCCCCCCCCCCCCCCCCCCC(C)CC)OC(=O)CCCCCCCCC. The predicted octanol–water partition coefficient (Wildman–Crippen LogP) is 20.8. The number of carbonyl (C=O) groups excluding carboxylic acids is 4. The molecule has 0 aliphatic heterocycles. The van der Waals surface area contributed by atoms with E-state index in [1.807, 2.05) is 0 Å². The van der Waals surface area contributed by atoms with Crippen molar-refractivity contribution in [3.05, 3.63) is 0 Å². The molecule has 0 amide bonds. The number of rotatable bonds is 71. The van der Waals surface area contributed by atoms with Crippen LogP contribution in [0.3, 0.4) is 0 Å². The molecule has 0 bridgehead atoms. The smallest absolute Gasteiger partial charge is 0.462 e. The van der Waals surface area contributed by atoms with Crippen LogP contribution in [0.15, 0.2) is 0 Å². The lowest BCUT2D eigenvalue weighted by Gasteiger charge is -2.21. The number of hydrogen-bond donors (Lipinski definition) is 3. The van der Waals surface area contributed by atoms with Crippen molar-refractivity contribution in [2.75, 3.05) is 39.6 Å². The van der Waals surface area contributed by atoms with Gasteiger partial charge in [0.2, 0.25) is 0 Å². The molecule has 0 aliphatic rings. The zero-order chi connectivity index (χ0) is 67.2. The molecular formula is C72H140O17P2. The van der Waals surface area contributed by atoms with Crippen molar-refractivity contribution in [1.29, 1.82) is 0 Å². The van der Waals surface area contributed by atoms with Crippen LogP contribution in [0.2, 0.25) is 0 Å². The maximum absolute atomic E-state index is 13.1. The molecule has 3 N–H and O–H groups in total. The first-order valence-electron chi connectivity index (χ1n) is 37.5. The minimum Gasteiger partial charge on any atom is -0.462 e. The Balaban J connectivity index is 5.10. The standard InChI is InChI=1S/C72H140O17P2/c1-7-10-12-14-34-42-48-54-69(74)82-60-67(88-71(76)56-50-44-35-15-13-11-8-2)62-86-90(78,79)84-58-66(73)59-85-91(80,81)87-63-68(61-83-70(75)55-49-43-38-32-28-25-24-26-30-36-40-46-52-64(4)5)89-72(77)57-51-45-39-33-29-23-21-19-17-16-18-20-22-27-31-37-41-47-53-65(6)9-3/h64-68,73H,7-63H2,1-6H3,(H,78,79)(H,80,81)/t65?,66-,67+,68+/m0/s1. The van der Waals surface area contributed by atoms with Gasteiger partial charge >= 0.3 is 39.5 Å². The molecule has 0 rings (SSSR count). The van der Waals surface area contributed by atoms with Crippen molar-refractivity contribution < 1.29 is 80.2 Å². The van der Waals surface area contributed by atoms with Crippen LogP contribution in [0.1, 0.15) is 369 Å². The number of hydrogen-bond acceptors (Lipinski definition) is 15. The Morgan fingerprint density at radius 2 is 0.560 bits per heavy atom. The molecule has 0 heterocycles. The van der Waals surface area contributed by atoms with Gasteiger partial charge in [-0.2, -0.15) is 0 Å². The van der Waals surface area contributed by atoms with Crippen molar-refractivity contribution in [1.82, 2.24) is 0 Å². The van der Waals surface area contributed by atoms with Gasteiger partial charge in [-0.25, -0.2) is 9.13 Å². The molecule has 0 radical (unpaired) electrons. The highest BCUT2D eigenvalue weighted by molar-refractivity contribution is 7.47. The average molecular weight is 1340 g/mol. The molecule has 0 spiro atoms. The largest absolute Gasteiger partial charge is 0.472 e. The molecule has 0 aromatic carbocycles. The van der Waals surface area contributed by atoms with Gasteiger partial charge in [-0.05, 0) is 37.5 Å². The summed E-state index contributed by atoms with van der Waals surface area (Å²) in [4.78, 5) is 72.3. The first kappa shape index (κ1) is 89.1. The molecule has 0 saturated carbocycles. The summed E-state index contributed by atoms with van der Waals surface area (Å²) in [6.07, 6.45) is 50.3. The van der Waals surface area contributed by atoms with Crippen LogP contribution in [0.25, 0.3) is 0 Å². The van der Waals surface area contributed by atoms with Crippen LogP contribution in [-0.2, 0) is 65.4 Å². The summed E-state index contributed by atoms with van der Waals surface area (Å²) in [6.45, 7) is 9.55. The van der Waals surface area contributed by atoms with E-state index in [0.717, 1.165) is 127 Å². The van der Waals surface area contributed by atoms with Crippen LogP contribution in [0.4, 0.5) is 0 Å². The third-order valence-corrected chi connectivity index (χ3v) is 19.0. The lowest BCUT2D eigenvalue weighted by Crippen LogP contribution is -2.30. The van der Waals surface area contributed by atoms with Crippen molar-refractivity contribution in [3.8, 4) is 0 Å². The van der Waals surface area contributed by atoms with Crippen LogP contribution in [0, 0.1) is 11.8 Å². The predicted molar refractivity (Wildman–Crippen MR) is 368 cm³/mol. The van der Waals surface area contributed by atoms with Gasteiger partial charge in [-0.1, -0.05) is 318 Å². The van der Waals surface area contributed by atoms with E-state index in [4.69, 9.17) is 37.0 Å². The van der Waals surface area contributed by atoms with E-state index >= 15 is 0 Å². The lowest BCUT2D eigenvalue weighted by atomic mass is 9.99. The number of ether oxygens (including phenoxy) is 4. The number of esters is 4. The normalized spacial score (nSPS) is 14.4. The van der Waals surface area contributed by atoms with Crippen LogP contribution in [-0.4, -0.2) is 96.7 Å². The number of unbranched alkanes of at least 4 members (excludes halogenated alkanes) is 40. The molecule has 540 valence electrons. The number of phosphoric ester groups is 2. The Labute approximate surface area is 556 Å². The lowest BCUT2D eigenvalue weighted by molar-refractivity contribution is -0.161. The Morgan fingerprint density at radius 3 is 0.835 bits per heavy atom. The Hall–Kier alpha value is -1.94. The summed E-state index contributed by atoms with van der Waals surface area (Å²) in [5.41, 5.74) is 0. The summed E-state index contributed by atoms with van der Waals surface area (Å²) in [6, 6.07) is 0. The molecule has 91 heavy (non-hydrogen) atoms. The minimum absolute atomic E-state index is 0.103. The quantitative estimate of drug-likeness (QED) is 0.0222. The van der Waals surface area contributed by atoms with E-state index in [1.54, 1.807) is 0 Å². The number of carbonyl (C=O) groups is 4. The fourth-order valence-corrected chi connectivity index (χ4v) is 12.5. The second kappa shape index (κ2) is 64.1. The monoisotopic (exact) mass is 1340 g/mol. The number of aliphatic hydroxyl groups is 1. The summed E-state index contributed by atoms with van der Waals surface area (Å²) >= 11 is 0. The summed E-state index contributed by atoms with van der Waals surface area (Å²) < 4.78 is 68.1. The highest BCUT2D eigenvalue weighted by atomic mass is 31.2. The fraction of sp³-hybridized carbons (Fsp3) is 0.944. The van der Waals surface area contributed by atoms with Crippen molar-refractivity contribution in [2.45, 2.75) is 387 Å². The van der Waals surface area contributed by atoms with E-state index in [2.05, 4.69) is 41.5 Å². The van der Waals surface area contributed by atoms with Crippen LogP contribution in [0.5, 0.6) is 0 Å². The maximum atomic E-state index is 13.1. The highest BCUT2D eigenvalue weighted by Gasteiger charge is 2.30. The molecule has 0 saturated heterocycles. The third kappa shape index (κ3) is 65.1. The van der Waals surface area contributed by atoms with Gasteiger partial charge in [0, 0.05) is 25.7 Å². The van der Waals surface area contributed by atoms with Gasteiger partial charge in [0.1, 0.15) is 19.3 Å². The molecule has 0 aromatic rings. The first-order chi connectivity index (χ1) is 43.9. The summed E-state index contributed by atoms with van der Waals surface area (Å²) in [7, 11) is -9.89. The Morgan fingerprint density at radius 1 is 0.319 bits per heavy atom. The van der Waals surface area contributed by atoms with E-state index in [-0.39, 0.29) is 25.7 Å². The summed E-state index contributed by atoms with van der Waals surface area (Å²) in [5, 5.41) is 10.6. The van der Waals surface area contributed by atoms with E-state index in [1.165, 1.54) is 161 Å². The van der Waals surface area contributed by atoms with Gasteiger partial charge in [-0.15, -0.1) is 0 Å². The molecule has 0 aromatic heterocycles. The number of phosphoric acid groups is 2. The molecule has 0 fully saturated rings. The van der Waals surface area contributed by atoms with Crippen LogP contribution >= 0.6 is 15.6 Å². The van der Waals surface area contributed by atoms with Gasteiger partial charge in [-0.3, -0.25) is 37.3 Å². The van der Waals surface area contributed by atoms with Gasteiger partial charge < -0.3 is 33.8 Å². The second-order valence-corrected chi connectivity index (χ2v) is 29.6. The van der Waals surface area contributed by atoms with Gasteiger partial charge in [0.15, 0.2) is 12.2 Å². The molecule has 6 atom stereocenters. The van der Waals surface area contributed by atoms with E-state index in [0.29, 0.717) is 25.7 Å². The average Bonchev–Trinajstić information content (AvgIpc) is 2.94. The van der Waals surface area contributed by atoms with Crippen LogP contribution < -0.4 is 0 Å². The Bertz CT molecular complexity index is 1770. The maximum Gasteiger partial charge on any atom is 0.472 e. The topological polar surface area (TPSA) is 237 Å². The van der Waals surface area contributed by atoms with Crippen molar-refractivity contribution >= 4 is 39.5 Å². The van der Waals surface area contributed by atoms with E-state index in [9.17, 15) is 43.2 Å². The van der Waals surface area contributed by atoms with Crippen molar-refractivity contribution in [2.24, 2.45) is 11.8 Å². The zero-order valence-corrected chi connectivity index (χ0v) is 60.9. The molecule has 19 heteroatoms. The van der Waals surface area contributed by atoms with Crippen molar-refractivity contribution in [3.63, 3.8) is 0 Å². The van der Waals surface area contributed by atoms with Gasteiger partial charge in [0.25, 0.3) is 0 Å². The van der Waals surface area contributed by atoms with Gasteiger partial charge in [0.05, 0.1) is 26.4 Å². The zero-order valence-electron chi connectivity index (χ0n) is 59.1. The molecule has 3 unspecified atom stereocenters. The molecule has 0 aliphatic carbocycles. The second-order valence-electron chi connectivity index (χ2n) is 26.7. The Kier molecular flexibility index (Phi) is 62.7. The third-order valence-electron chi connectivity index (χ3n) is 17.1. The fourth-order valence-electron chi connectivity index (χ4n) is 10.9. The number of aliphatic hydroxyl groups excluding tert-OH is 1. The minimum atomic E-state index is -4.95. The first-order valence-corrected chi connectivity index (χ1v) is 40.5. The molecule has 17 nitrogen and oxygen atoms in total. The van der Waals surface area contributed by atoms with E-state index < -0.39 is 97.5 Å².